The number of nitrogens with zero attached hydrogens (tertiary/aromatic N) is 1. The molecule has 146 valence electrons. The third-order valence-corrected chi connectivity index (χ3v) is 7.94. The second-order valence-corrected chi connectivity index (χ2v) is 9.49. The Kier molecular flexibility index (Phi) is 6.51. The molecule has 0 unspecified atom stereocenters. The van der Waals surface area contributed by atoms with Crippen LogP contribution in [0, 0.1) is 5.92 Å². The summed E-state index contributed by atoms with van der Waals surface area (Å²) in [7, 11) is -1.82. The molecule has 1 aliphatic rings. The maximum atomic E-state index is 12.5. The maximum Gasteiger partial charge on any atom is 0.309 e. The van der Waals surface area contributed by atoms with Crippen LogP contribution in [0.1, 0.15) is 18.4 Å². The Morgan fingerprint density at radius 2 is 1.89 bits per heavy atom. The van der Waals surface area contributed by atoms with Gasteiger partial charge in [0, 0.05) is 19.5 Å². The van der Waals surface area contributed by atoms with Gasteiger partial charge < -0.3 is 9.47 Å². The summed E-state index contributed by atoms with van der Waals surface area (Å²) in [6, 6.07) is 11.0. The number of piperidine rings is 1. The smallest absolute Gasteiger partial charge is 0.309 e. The lowest BCUT2D eigenvalue weighted by Crippen LogP contribution is -2.40. The van der Waals surface area contributed by atoms with Crippen molar-refractivity contribution in [1.82, 2.24) is 4.31 Å². The van der Waals surface area contributed by atoms with Crippen LogP contribution in [0.5, 0.6) is 5.75 Å². The summed E-state index contributed by atoms with van der Waals surface area (Å²) in [5.74, 6) is 0.312. The van der Waals surface area contributed by atoms with Gasteiger partial charge in [-0.1, -0.05) is 18.2 Å². The Labute approximate surface area is 163 Å². The Balaban J connectivity index is 1.44. The lowest BCUT2D eigenvalue weighted by molar-refractivity contribution is -0.149. The topological polar surface area (TPSA) is 72.9 Å². The number of ether oxygens (including phenoxy) is 2. The van der Waals surface area contributed by atoms with Crippen molar-refractivity contribution in [3.63, 3.8) is 0 Å². The highest BCUT2D eigenvalue weighted by Crippen LogP contribution is 2.26. The van der Waals surface area contributed by atoms with Crippen molar-refractivity contribution in [2.45, 2.75) is 23.5 Å². The van der Waals surface area contributed by atoms with Crippen LogP contribution in [0.15, 0.2) is 46.0 Å². The number of esters is 1. The van der Waals surface area contributed by atoms with Gasteiger partial charge >= 0.3 is 5.97 Å². The average Bonchev–Trinajstić information content (AvgIpc) is 3.24. The highest BCUT2D eigenvalue weighted by Gasteiger charge is 2.33. The molecule has 1 aromatic carbocycles. The summed E-state index contributed by atoms with van der Waals surface area (Å²) < 4.78 is 37.3. The number of carbonyl (C=O) groups excluding carboxylic acids is 1. The van der Waals surface area contributed by atoms with E-state index in [9.17, 15) is 13.2 Å². The Hall–Kier alpha value is -1.90. The predicted molar refractivity (Wildman–Crippen MR) is 103 cm³/mol. The predicted octanol–water partition coefficient (Wildman–Crippen LogP) is 2.94. The fourth-order valence-corrected chi connectivity index (χ4v) is 5.66. The van der Waals surface area contributed by atoms with E-state index >= 15 is 0 Å². The van der Waals surface area contributed by atoms with Crippen LogP contribution in [-0.4, -0.2) is 45.5 Å². The Bertz CT molecular complexity index is 839. The van der Waals surface area contributed by atoms with Crippen molar-refractivity contribution >= 4 is 27.3 Å². The fraction of sp³-hybridized carbons (Fsp3) is 0.421. The normalized spacial score (nSPS) is 16.2. The van der Waals surface area contributed by atoms with Crippen molar-refractivity contribution in [1.29, 1.82) is 0 Å². The monoisotopic (exact) mass is 409 g/mol. The lowest BCUT2D eigenvalue weighted by Gasteiger charge is -2.29. The molecule has 1 aromatic heterocycles. The molecule has 2 aromatic rings. The molecule has 0 N–H and O–H groups in total. The van der Waals surface area contributed by atoms with Gasteiger partial charge in [0.15, 0.2) is 0 Å². The minimum Gasteiger partial charge on any atom is -0.497 e. The second kappa shape index (κ2) is 8.86. The zero-order chi connectivity index (χ0) is 19.3. The fourth-order valence-electron chi connectivity index (χ4n) is 3.05. The van der Waals surface area contributed by atoms with Gasteiger partial charge in [-0.15, -0.1) is 11.3 Å². The molecular weight excluding hydrogens is 386 g/mol. The van der Waals surface area contributed by atoms with E-state index in [1.54, 1.807) is 24.6 Å². The molecule has 27 heavy (non-hydrogen) atoms. The van der Waals surface area contributed by atoms with Crippen LogP contribution in [-0.2, 0) is 26.0 Å². The minimum absolute atomic E-state index is 0.239. The molecule has 0 aliphatic carbocycles. The highest BCUT2D eigenvalue weighted by molar-refractivity contribution is 7.91. The zero-order valence-corrected chi connectivity index (χ0v) is 16.8. The maximum absolute atomic E-state index is 12.5. The summed E-state index contributed by atoms with van der Waals surface area (Å²) in [5, 5.41) is 1.75. The molecule has 0 radical (unpaired) electrons. The summed E-state index contributed by atoms with van der Waals surface area (Å²) in [6.45, 7) is 1.01. The SMILES string of the molecule is COc1ccc(CCOC(=O)C2CCN(S(=O)(=O)c3cccs3)CC2)cc1. The molecule has 0 spiro atoms. The summed E-state index contributed by atoms with van der Waals surface area (Å²) in [6.07, 6.45) is 1.62. The van der Waals surface area contributed by atoms with Crippen LogP contribution in [0.3, 0.4) is 0 Å². The molecular formula is C19H23NO5S2. The number of benzene rings is 1. The van der Waals surface area contributed by atoms with Crippen LogP contribution in [0.2, 0.25) is 0 Å². The zero-order valence-electron chi connectivity index (χ0n) is 15.2. The lowest BCUT2D eigenvalue weighted by atomic mass is 9.98. The molecule has 3 rings (SSSR count). The number of rotatable bonds is 7. The third-order valence-electron chi connectivity index (χ3n) is 4.67. The first-order chi connectivity index (χ1) is 13.0. The number of sulfonamides is 1. The van der Waals surface area contributed by atoms with Gasteiger partial charge in [-0.05, 0) is 42.0 Å². The Morgan fingerprint density at radius 3 is 2.48 bits per heavy atom. The van der Waals surface area contributed by atoms with Crippen molar-refractivity contribution in [3.8, 4) is 5.75 Å². The number of hydrogen-bond donors (Lipinski definition) is 0. The quantitative estimate of drug-likeness (QED) is 0.658. The Morgan fingerprint density at radius 1 is 1.19 bits per heavy atom. The van der Waals surface area contributed by atoms with Gasteiger partial charge in [-0.25, -0.2) is 8.42 Å². The third kappa shape index (κ3) is 4.88. The van der Waals surface area contributed by atoms with Crippen molar-refractivity contribution in [3.05, 3.63) is 47.3 Å². The van der Waals surface area contributed by atoms with E-state index in [0.29, 0.717) is 43.2 Å². The van der Waals surface area contributed by atoms with E-state index in [4.69, 9.17) is 9.47 Å². The molecule has 0 amide bonds. The van der Waals surface area contributed by atoms with Gasteiger partial charge in [0.05, 0.1) is 19.6 Å². The summed E-state index contributed by atoms with van der Waals surface area (Å²) in [4.78, 5) is 12.3. The van der Waals surface area contributed by atoms with Crippen LogP contribution >= 0.6 is 11.3 Å². The van der Waals surface area contributed by atoms with E-state index in [0.717, 1.165) is 11.3 Å². The van der Waals surface area contributed by atoms with Crippen molar-refractivity contribution < 1.29 is 22.7 Å². The van der Waals surface area contributed by atoms with Gasteiger partial charge in [0.25, 0.3) is 10.0 Å². The summed E-state index contributed by atoms with van der Waals surface area (Å²) in [5.41, 5.74) is 1.07. The first-order valence-electron chi connectivity index (χ1n) is 8.84. The van der Waals surface area contributed by atoms with E-state index < -0.39 is 10.0 Å². The molecule has 1 fully saturated rings. The van der Waals surface area contributed by atoms with E-state index in [2.05, 4.69) is 0 Å². The van der Waals surface area contributed by atoms with Crippen LogP contribution in [0.25, 0.3) is 0 Å². The van der Waals surface area contributed by atoms with Crippen LogP contribution in [0.4, 0.5) is 0 Å². The van der Waals surface area contributed by atoms with E-state index in [-0.39, 0.29) is 11.9 Å². The van der Waals surface area contributed by atoms with E-state index in [1.165, 1.54) is 15.6 Å². The molecule has 1 aliphatic heterocycles. The molecule has 6 nitrogen and oxygen atoms in total. The van der Waals surface area contributed by atoms with Gasteiger partial charge in [0.1, 0.15) is 9.96 Å². The number of carbonyl (C=O) groups is 1. The van der Waals surface area contributed by atoms with Crippen molar-refractivity contribution in [2.75, 3.05) is 26.8 Å². The molecule has 8 heteroatoms. The minimum atomic E-state index is -3.44. The van der Waals surface area contributed by atoms with Crippen LogP contribution < -0.4 is 4.74 Å². The molecule has 0 atom stereocenters. The standard InChI is InChI=1S/C19H23NO5S2/c1-24-17-6-4-15(5-7-17)10-13-25-19(21)16-8-11-20(12-9-16)27(22,23)18-3-2-14-26-18/h2-7,14,16H,8-13H2,1H3. The number of methoxy groups -OCH3 is 1. The molecule has 0 saturated carbocycles. The van der Waals surface area contributed by atoms with Crippen molar-refractivity contribution in [2.24, 2.45) is 5.92 Å². The van der Waals surface area contributed by atoms with Gasteiger partial charge in [-0.2, -0.15) is 4.31 Å². The average molecular weight is 410 g/mol. The number of thiophene rings is 1. The van der Waals surface area contributed by atoms with Gasteiger partial charge in [0.2, 0.25) is 0 Å². The summed E-state index contributed by atoms with van der Waals surface area (Å²) >= 11 is 1.21. The molecule has 0 bridgehead atoms. The first-order valence-corrected chi connectivity index (χ1v) is 11.2. The largest absolute Gasteiger partial charge is 0.497 e. The van der Waals surface area contributed by atoms with Gasteiger partial charge in [-0.3, -0.25) is 4.79 Å². The van der Waals surface area contributed by atoms with E-state index in [1.807, 2.05) is 24.3 Å². The molecule has 2 heterocycles. The first kappa shape index (κ1) is 19.9. The second-order valence-electron chi connectivity index (χ2n) is 6.38. The molecule has 1 saturated heterocycles. The number of hydrogen-bond acceptors (Lipinski definition) is 6. The highest BCUT2D eigenvalue weighted by atomic mass is 32.2.